The van der Waals surface area contributed by atoms with E-state index in [-0.39, 0.29) is 29.5 Å². The molecule has 1 aromatic heterocycles. The maximum Gasteiger partial charge on any atom is 0.258 e. The molecule has 0 aliphatic heterocycles. The third kappa shape index (κ3) is 3.75. The average molecular weight is 400 g/mol. The van der Waals surface area contributed by atoms with Crippen molar-refractivity contribution < 1.29 is 15.3 Å². The van der Waals surface area contributed by atoms with Crippen LogP contribution in [0.25, 0.3) is 21.9 Å². The molecular formula is C24H20N2O4. The first-order valence-corrected chi connectivity index (χ1v) is 9.39. The maximum absolute atomic E-state index is 12.3. The second kappa shape index (κ2) is 7.75. The zero-order valence-corrected chi connectivity index (χ0v) is 16.3. The number of aromatic amines is 1. The Bertz CT molecular complexity index is 1320. The second-order valence-corrected chi connectivity index (χ2v) is 7.14. The number of phenolic OH excluding ortho intramolecular Hbond substituents is 2. The largest absolute Gasteiger partial charge is 0.504 e. The van der Waals surface area contributed by atoms with Gasteiger partial charge in [-0.3, -0.25) is 14.8 Å². The van der Waals surface area contributed by atoms with Gasteiger partial charge in [-0.05, 0) is 47.9 Å². The van der Waals surface area contributed by atoms with Gasteiger partial charge in [0.2, 0.25) is 5.88 Å². The molecule has 0 saturated carbocycles. The summed E-state index contributed by atoms with van der Waals surface area (Å²) in [6, 6.07) is 18.0. The van der Waals surface area contributed by atoms with Crippen molar-refractivity contribution >= 4 is 17.0 Å². The van der Waals surface area contributed by atoms with Gasteiger partial charge < -0.3 is 15.3 Å². The van der Waals surface area contributed by atoms with Crippen LogP contribution in [0.4, 0.5) is 0 Å². The number of aryl methyl sites for hydroxylation is 1. The fraction of sp³-hybridized carbons (Fsp3) is 0.0833. The molecule has 0 bridgehead atoms. The summed E-state index contributed by atoms with van der Waals surface area (Å²) in [6.07, 6.45) is 1.50. The lowest BCUT2D eigenvalue weighted by atomic mass is 9.99. The number of pyridine rings is 1. The molecule has 6 heteroatoms. The molecule has 3 aromatic carbocycles. The summed E-state index contributed by atoms with van der Waals surface area (Å²) in [5.74, 6) is -0.677. The topological polar surface area (TPSA) is 106 Å². The molecule has 0 atom stereocenters. The van der Waals surface area contributed by atoms with Crippen molar-refractivity contribution in [2.24, 2.45) is 4.99 Å². The van der Waals surface area contributed by atoms with E-state index in [2.05, 4.69) is 9.98 Å². The van der Waals surface area contributed by atoms with E-state index in [1.54, 1.807) is 12.1 Å². The Labute approximate surface area is 172 Å². The predicted octanol–water partition coefficient (Wildman–Crippen LogP) is 4.24. The summed E-state index contributed by atoms with van der Waals surface area (Å²) in [7, 11) is 0. The van der Waals surface area contributed by atoms with Gasteiger partial charge in [0.1, 0.15) is 0 Å². The number of aliphatic imine (C=N–C) groups is 1. The molecule has 30 heavy (non-hydrogen) atoms. The van der Waals surface area contributed by atoms with Crippen molar-refractivity contribution in [3.8, 4) is 28.5 Å². The summed E-state index contributed by atoms with van der Waals surface area (Å²) >= 11 is 0. The SMILES string of the molecule is Cc1ccc(-c2ccc3c(=O)[nH]c(O)c(C=NCc4ccc(O)c(O)c4)c3c2)cc1. The number of hydrogen-bond acceptors (Lipinski definition) is 5. The van der Waals surface area contributed by atoms with Gasteiger partial charge in [-0.2, -0.15) is 0 Å². The van der Waals surface area contributed by atoms with Gasteiger partial charge in [-0.15, -0.1) is 0 Å². The fourth-order valence-corrected chi connectivity index (χ4v) is 3.30. The van der Waals surface area contributed by atoms with E-state index in [1.165, 1.54) is 18.3 Å². The van der Waals surface area contributed by atoms with Crippen molar-refractivity contribution in [1.29, 1.82) is 0 Å². The van der Waals surface area contributed by atoms with Crippen LogP contribution in [0.5, 0.6) is 17.4 Å². The van der Waals surface area contributed by atoms with E-state index in [4.69, 9.17) is 0 Å². The number of fused-ring (bicyclic) bond motifs is 1. The minimum absolute atomic E-state index is 0.198. The maximum atomic E-state index is 12.3. The normalized spacial score (nSPS) is 11.4. The summed E-state index contributed by atoms with van der Waals surface area (Å²) in [6.45, 7) is 2.25. The highest BCUT2D eigenvalue weighted by atomic mass is 16.3. The summed E-state index contributed by atoms with van der Waals surface area (Å²) < 4.78 is 0. The molecule has 4 aromatic rings. The minimum atomic E-state index is -0.376. The zero-order chi connectivity index (χ0) is 21.3. The number of aromatic hydroxyl groups is 3. The molecule has 4 N–H and O–H groups in total. The lowest BCUT2D eigenvalue weighted by Gasteiger charge is -2.08. The van der Waals surface area contributed by atoms with Gasteiger partial charge in [0.15, 0.2) is 11.5 Å². The van der Waals surface area contributed by atoms with E-state index >= 15 is 0 Å². The highest BCUT2D eigenvalue weighted by molar-refractivity contribution is 6.02. The number of nitrogens with zero attached hydrogens (tertiary/aromatic N) is 1. The fourth-order valence-electron chi connectivity index (χ4n) is 3.30. The molecule has 0 spiro atoms. The Morgan fingerprint density at radius 3 is 2.33 bits per heavy atom. The first-order valence-electron chi connectivity index (χ1n) is 9.39. The molecule has 0 saturated heterocycles. The molecule has 1 heterocycles. The van der Waals surface area contributed by atoms with Crippen LogP contribution in [0.15, 0.2) is 70.5 Å². The molecule has 4 rings (SSSR count). The number of nitrogens with one attached hydrogen (secondary N) is 1. The Morgan fingerprint density at radius 1 is 0.867 bits per heavy atom. The number of rotatable bonds is 4. The van der Waals surface area contributed by atoms with Gasteiger partial charge in [-0.25, -0.2) is 0 Å². The van der Waals surface area contributed by atoms with E-state index in [9.17, 15) is 20.1 Å². The van der Waals surface area contributed by atoms with Gasteiger partial charge in [0.05, 0.1) is 12.1 Å². The molecule has 0 fully saturated rings. The second-order valence-electron chi connectivity index (χ2n) is 7.14. The highest BCUT2D eigenvalue weighted by Gasteiger charge is 2.11. The van der Waals surface area contributed by atoms with Crippen LogP contribution in [-0.4, -0.2) is 26.5 Å². The van der Waals surface area contributed by atoms with Crippen molar-refractivity contribution in [2.45, 2.75) is 13.5 Å². The first-order chi connectivity index (χ1) is 14.4. The van der Waals surface area contributed by atoms with Gasteiger partial charge >= 0.3 is 0 Å². The van der Waals surface area contributed by atoms with Crippen molar-refractivity contribution in [1.82, 2.24) is 4.98 Å². The van der Waals surface area contributed by atoms with Crippen molar-refractivity contribution in [2.75, 3.05) is 0 Å². The van der Waals surface area contributed by atoms with Crippen LogP contribution in [-0.2, 0) is 6.54 Å². The Morgan fingerprint density at radius 2 is 1.60 bits per heavy atom. The van der Waals surface area contributed by atoms with Gasteiger partial charge in [0.25, 0.3) is 5.56 Å². The third-order valence-corrected chi connectivity index (χ3v) is 4.96. The molecule has 0 aliphatic carbocycles. The quantitative estimate of drug-likeness (QED) is 0.304. The van der Waals surface area contributed by atoms with Gasteiger partial charge in [0, 0.05) is 17.0 Å². The average Bonchev–Trinajstić information content (AvgIpc) is 2.73. The van der Waals surface area contributed by atoms with Crippen LogP contribution in [0.1, 0.15) is 16.7 Å². The number of phenols is 2. The van der Waals surface area contributed by atoms with E-state index in [0.717, 1.165) is 16.7 Å². The molecule has 0 aliphatic rings. The summed E-state index contributed by atoms with van der Waals surface area (Å²) in [5.41, 5.74) is 3.80. The number of aromatic nitrogens is 1. The monoisotopic (exact) mass is 400 g/mol. The minimum Gasteiger partial charge on any atom is -0.504 e. The van der Waals surface area contributed by atoms with Crippen LogP contribution in [0.2, 0.25) is 0 Å². The lowest BCUT2D eigenvalue weighted by Crippen LogP contribution is -2.08. The Balaban J connectivity index is 1.75. The van der Waals surface area contributed by atoms with Crippen LogP contribution in [0, 0.1) is 6.92 Å². The van der Waals surface area contributed by atoms with E-state index in [1.807, 2.05) is 43.3 Å². The number of H-pyrrole nitrogens is 1. The highest BCUT2D eigenvalue weighted by Crippen LogP contribution is 2.28. The van der Waals surface area contributed by atoms with Crippen molar-refractivity contribution in [3.63, 3.8) is 0 Å². The number of benzene rings is 3. The standard InChI is InChI=1S/C24H20N2O4/c1-14-2-5-16(6-3-14)17-7-8-18-19(11-17)20(24(30)26-23(18)29)13-25-12-15-4-9-21(27)22(28)10-15/h2-11,13,27-28H,12H2,1H3,(H2,26,29,30). The first kappa shape index (κ1) is 19.3. The number of hydrogen-bond donors (Lipinski definition) is 4. The summed E-state index contributed by atoms with van der Waals surface area (Å²) in [5, 5.41) is 30.4. The van der Waals surface area contributed by atoms with Crippen LogP contribution < -0.4 is 5.56 Å². The van der Waals surface area contributed by atoms with Gasteiger partial charge in [-0.1, -0.05) is 42.0 Å². The summed E-state index contributed by atoms with van der Waals surface area (Å²) in [4.78, 5) is 19.1. The Kier molecular flexibility index (Phi) is 4.98. The lowest BCUT2D eigenvalue weighted by molar-refractivity contribution is 0.403. The van der Waals surface area contributed by atoms with Crippen molar-refractivity contribution in [3.05, 3.63) is 87.7 Å². The predicted molar refractivity (Wildman–Crippen MR) is 117 cm³/mol. The molecular weight excluding hydrogens is 380 g/mol. The molecule has 0 unspecified atom stereocenters. The molecule has 0 radical (unpaired) electrons. The van der Waals surface area contributed by atoms with Crippen LogP contribution in [0.3, 0.4) is 0 Å². The van der Waals surface area contributed by atoms with E-state index in [0.29, 0.717) is 21.9 Å². The van der Waals surface area contributed by atoms with E-state index < -0.39 is 0 Å². The Hall–Kier alpha value is -4.06. The third-order valence-electron chi connectivity index (χ3n) is 4.96. The molecule has 0 amide bonds. The van der Waals surface area contributed by atoms with Crippen LogP contribution >= 0.6 is 0 Å². The molecule has 150 valence electrons. The smallest absolute Gasteiger partial charge is 0.258 e. The zero-order valence-electron chi connectivity index (χ0n) is 16.3. The molecule has 6 nitrogen and oxygen atoms in total.